The molecule has 36 heavy (non-hydrogen) atoms. The van der Waals surface area contributed by atoms with Gasteiger partial charge in [0.2, 0.25) is 0 Å². The van der Waals surface area contributed by atoms with Gasteiger partial charge in [-0.15, -0.1) is 0 Å². The number of hydrogen-bond donors (Lipinski definition) is 0. The van der Waals surface area contributed by atoms with Gasteiger partial charge in [-0.2, -0.15) is 18.4 Å². The number of aryl methyl sites for hydroxylation is 1. The summed E-state index contributed by atoms with van der Waals surface area (Å²) in [4.78, 5) is 24.1. The Morgan fingerprint density at radius 2 is 1.97 bits per heavy atom. The molecule has 0 aliphatic carbocycles. The van der Waals surface area contributed by atoms with Crippen molar-refractivity contribution in [2.75, 3.05) is 23.0 Å². The minimum Gasteiger partial charge on any atom is -0.479 e. The van der Waals surface area contributed by atoms with Crippen LogP contribution in [0.3, 0.4) is 0 Å². The molecule has 4 rings (SSSR count). The molecule has 2 aromatic rings. The van der Waals surface area contributed by atoms with Gasteiger partial charge in [-0.05, 0) is 63.2 Å². The molecule has 1 amide bonds. The molecular weight excluding hydrogens is 498 g/mol. The lowest BCUT2D eigenvalue weighted by Gasteiger charge is -2.29. The highest BCUT2D eigenvalue weighted by molar-refractivity contribution is 7.81. The Hall–Kier alpha value is -3.59. The molecule has 0 saturated carbocycles. The Bertz CT molecular complexity index is 1290. The van der Waals surface area contributed by atoms with Crippen LogP contribution in [-0.4, -0.2) is 40.6 Å². The number of benzene rings is 1. The summed E-state index contributed by atoms with van der Waals surface area (Å²) in [6.07, 6.45) is -1.48. The lowest BCUT2D eigenvalue weighted by atomic mass is 10.0. The molecule has 1 aromatic heterocycles. The normalized spacial score (nSPS) is 17.3. The number of carbonyl (C=O) groups excluding carboxylic acids is 1. The Balaban J connectivity index is 1.61. The topological polar surface area (TPSA) is 81.8 Å². The molecule has 0 atom stereocenters. The van der Waals surface area contributed by atoms with Crippen molar-refractivity contribution in [3.63, 3.8) is 0 Å². The predicted octanol–water partition coefficient (Wildman–Crippen LogP) is 4.78. The first-order valence-corrected chi connectivity index (χ1v) is 11.5. The van der Waals surface area contributed by atoms with Crippen LogP contribution in [0.15, 0.2) is 35.5 Å². The molecule has 0 bridgehead atoms. The number of nitriles is 1. The average molecular weight is 520 g/mol. The number of anilines is 2. The zero-order valence-corrected chi connectivity index (χ0v) is 20.2. The highest BCUT2D eigenvalue weighted by Crippen LogP contribution is 2.41. The summed E-state index contributed by atoms with van der Waals surface area (Å²) >= 11 is 5.44. The number of pyridine rings is 1. The molecule has 1 saturated heterocycles. The minimum atomic E-state index is -5.14. The van der Waals surface area contributed by atoms with Crippen molar-refractivity contribution in [1.29, 1.82) is 5.26 Å². The Morgan fingerprint density at radius 3 is 2.56 bits per heavy atom. The standard InChI is InChI=1S/C24H21F4N5O2S/c1-23(2)21(34)32(17-9-6-14(12-29)19(20(17)25)24(26,27)28)22(36)33(23)16-8-7-15(31-13-16)4-3-5-18-30-10-11-35-18/h6-9,13H,3-5,10-11H2,1-2H3. The number of halogens is 4. The Labute approximate surface area is 210 Å². The Kier molecular flexibility index (Phi) is 6.70. The third-order valence-corrected chi connectivity index (χ3v) is 6.34. The summed E-state index contributed by atoms with van der Waals surface area (Å²) in [6, 6.07) is 6.58. The van der Waals surface area contributed by atoms with Crippen molar-refractivity contribution in [2.24, 2.45) is 4.99 Å². The fraction of sp³-hybridized carbons (Fsp3) is 0.375. The number of amides is 1. The van der Waals surface area contributed by atoms with E-state index in [2.05, 4.69) is 9.98 Å². The van der Waals surface area contributed by atoms with Crippen LogP contribution in [-0.2, 0) is 22.1 Å². The summed E-state index contributed by atoms with van der Waals surface area (Å²) in [5.41, 5.74) is -3.42. The van der Waals surface area contributed by atoms with Crippen LogP contribution >= 0.6 is 12.2 Å². The maximum absolute atomic E-state index is 15.1. The third-order valence-electron chi connectivity index (χ3n) is 5.97. The first-order chi connectivity index (χ1) is 17.0. The van der Waals surface area contributed by atoms with Crippen LogP contribution in [0.5, 0.6) is 0 Å². The number of hydrogen-bond acceptors (Lipinski definition) is 6. The van der Waals surface area contributed by atoms with E-state index in [1.54, 1.807) is 12.1 Å². The van der Waals surface area contributed by atoms with Crippen molar-refractivity contribution in [1.82, 2.24) is 4.98 Å². The largest absolute Gasteiger partial charge is 0.479 e. The van der Waals surface area contributed by atoms with Crippen LogP contribution in [0.4, 0.5) is 28.9 Å². The van der Waals surface area contributed by atoms with Gasteiger partial charge in [-0.3, -0.25) is 19.7 Å². The number of rotatable bonds is 6. The van der Waals surface area contributed by atoms with Gasteiger partial charge in [0.15, 0.2) is 16.8 Å². The molecule has 0 radical (unpaired) electrons. The SMILES string of the molecule is CC1(C)C(=O)N(c2ccc(C#N)c(C(F)(F)F)c2F)C(=S)N1c1ccc(CCCC2=NCCO2)nc1. The second-order valence-corrected chi connectivity index (χ2v) is 9.10. The number of ether oxygens (including phenoxy) is 1. The monoisotopic (exact) mass is 519 g/mol. The molecule has 1 fully saturated rings. The smallest absolute Gasteiger partial charge is 0.420 e. The molecule has 0 spiro atoms. The lowest BCUT2D eigenvalue weighted by Crippen LogP contribution is -2.44. The van der Waals surface area contributed by atoms with Crippen LogP contribution in [0.1, 0.15) is 43.5 Å². The quantitative estimate of drug-likeness (QED) is 0.404. The van der Waals surface area contributed by atoms with Crippen LogP contribution in [0, 0.1) is 17.1 Å². The zero-order valence-electron chi connectivity index (χ0n) is 19.4. The molecule has 0 N–H and O–H groups in total. The van der Waals surface area contributed by atoms with Crippen molar-refractivity contribution in [3.05, 3.63) is 53.1 Å². The molecule has 188 valence electrons. The maximum Gasteiger partial charge on any atom is 0.420 e. The first-order valence-electron chi connectivity index (χ1n) is 11.1. The van der Waals surface area contributed by atoms with E-state index >= 15 is 4.39 Å². The van der Waals surface area contributed by atoms with Crippen LogP contribution < -0.4 is 9.80 Å². The second-order valence-electron chi connectivity index (χ2n) is 8.73. The minimum absolute atomic E-state index is 0.201. The van der Waals surface area contributed by atoms with Gasteiger partial charge in [-0.1, -0.05) is 0 Å². The summed E-state index contributed by atoms with van der Waals surface area (Å²) in [6.45, 7) is 4.34. The molecule has 2 aliphatic rings. The third kappa shape index (κ3) is 4.51. The maximum atomic E-state index is 15.1. The van der Waals surface area contributed by atoms with Gasteiger partial charge in [-0.25, -0.2) is 4.39 Å². The molecular formula is C24H21F4N5O2S. The highest BCUT2D eigenvalue weighted by Gasteiger charge is 2.52. The van der Waals surface area contributed by atoms with E-state index in [0.717, 1.165) is 35.0 Å². The van der Waals surface area contributed by atoms with Crippen molar-refractivity contribution in [3.8, 4) is 6.07 Å². The lowest BCUT2D eigenvalue weighted by molar-refractivity contribution is -0.140. The predicted molar refractivity (Wildman–Crippen MR) is 128 cm³/mol. The number of alkyl halides is 3. The van der Waals surface area contributed by atoms with E-state index in [-0.39, 0.29) is 5.11 Å². The Morgan fingerprint density at radius 1 is 1.22 bits per heavy atom. The van der Waals surface area contributed by atoms with Gasteiger partial charge in [0, 0.05) is 12.1 Å². The molecule has 0 unspecified atom stereocenters. The fourth-order valence-corrected chi connectivity index (χ4v) is 4.71. The summed E-state index contributed by atoms with van der Waals surface area (Å²) in [7, 11) is 0. The first kappa shape index (κ1) is 25.5. The van der Waals surface area contributed by atoms with Crippen molar-refractivity contribution in [2.45, 2.75) is 44.8 Å². The van der Waals surface area contributed by atoms with E-state index < -0.39 is 40.3 Å². The number of nitrogens with zero attached hydrogens (tertiary/aromatic N) is 5. The van der Waals surface area contributed by atoms with Crippen molar-refractivity contribution >= 4 is 40.5 Å². The van der Waals surface area contributed by atoms with Gasteiger partial charge >= 0.3 is 6.18 Å². The average Bonchev–Trinajstić information content (AvgIpc) is 3.39. The zero-order chi connectivity index (χ0) is 26.3. The van der Waals surface area contributed by atoms with Gasteiger partial charge in [0.05, 0.1) is 35.7 Å². The van der Waals surface area contributed by atoms with E-state index in [1.165, 1.54) is 31.0 Å². The summed E-state index contributed by atoms with van der Waals surface area (Å²) in [5, 5.41) is 8.82. The van der Waals surface area contributed by atoms with Crippen molar-refractivity contribution < 1.29 is 27.1 Å². The second kappa shape index (κ2) is 9.46. The highest BCUT2D eigenvalue weighted by atomic mass is 32.1. The van der Waals surface area contributed by atoms with Gasteiger partial charge < -0.3 is 9.64 Å². The number of thiocarbonyl (C=S) groups is 1. The van der Waals surface area contributed by atoms with E-state index in [1.807, 2.05) is 0 Å². The molecule has 3 heterocycles. The number of carbonyl (C=O) groups is 1. The molecule has 7 nitrogen and oxygen atoms in total. The molecule has 1 aromatic carbocycles. The molecule has 2 aliphatic heterocycles. The van der Waals surface area contributed by atoms with E-state index in [4.69, 9.17) is 22.2 Å². The van der Waals surface area contributed by atoms with Crippen LogP contribution in [0.25, 0.3) is 0 Å². The summed E-state index contributed by atoms with van der Waals surface area (Å²) < 4.78 is 61.0. The van der Waals surface area contributed by atoms with Gasteiger partial charge in [0.1, 0.15) is 17.7 Å². The number of aromatic nitrogens is 1. The molecule has 12 heteroatoms. The van der Waals surface area contributed by atoms with Crippen LogP contribution in [0.2, 0.25) is 0 Å². The van der Waals surface area contributed by atoms with Gasteiger partial charge in [0.25, 0.3) is 5.91 Å². The fourth-order valence-electron chi connectivity index (χ4n) is 4.20. The number of aliphatic imine (C=N–C) groups is 1. The summed E-state index contributed by atoms with van der Waals surface area (Å²) in [5.74, 6) is -1.72. The van der Waals surface area contributed by atoms with E-state index in [0.29, 0.717) is 31.7 Å². The van der Waals surface area contributed by atoms with E-state index in [9.17, 15) is 18.0 Å².